The van der Waals surface area contributed by atoms with Crippen LogP contribution in [0.1, 0.15) is 38.7 Å². The maximum atomic E-state index is 11.7. The fourth-order valence-electron chi connectivity index (χ4n) is 3.10. The Morgan fingerprint density at radius 2 is 1.88 bits per heavy atom. The van der Waals surface area contributed by atoms with Crippen LogP contribution in [0.5, 0.6) is 5.75 Å². The lowest BCUT2D eigenvalue weighted by Gasteiger charge is -2.34. The molecule has 2 atom stereocenters. The van der Waals surface area contributed by atoms with E-state index in [-0.39, 0.29) is 12.7 Å². The molecule has 1 heterocycles. The SMILES string of the molecule is CCOC(=O)N1CCN(C[C@@H](O)COc2ccccc2[C@@H](C)CC)CC1. The van der Waals surface area contributed by atoms with Gasteiger partial charge in [-0.3, -0.25) is 4.90 Å². The molecule has 0 saturated carbocycles. The van der Waals surface area contributed by atoms with Crippen molar-refractivity contribution in [1.29, 1.82) is 0 Å². The van der Waals surface area contributed by atoms with Crippen LogP contribution >= 0.6 is 0 Å². The minimum absolute atomic E-state index is 0.252. The molecule has 0 unspecified atom stereocenters. The van der Waals surface area contributed by atoms with Crippen molar-refractivity contribution in [1.82, 2.24) is 9.80 Å². The molecule has 26 heavy (non-hydrogen) atoms. The summed E-state index contributed by atoms with van der Waals surface area (Å²) in [6, 6.07) is 8.03. The number of benzene rings is 1. The van der Waals surface area contributed by atoms with Crippen LogP contribution in [0.15, 0.2) is 24.3 Å². The normalized spacial score (nSPS) is 17.6. The number of aliphatic hydroxyl groups excluding tert-OH is 1. The number of rotatable bonds is 8. The first kappa shape index (κ1) is 20.5. The molecule has 1 saturated heterocycles. The fraction of sp³-hybridized carbons (Fsp3) is 0.650. The monoisotopic (exact) mass is 364 g/mol. The Labute approximate surface area is 156 Å². The van der Waals surface area contributed by atoms with E-state index in [0.29, 0.717) is 32.2 Å². The van der Waals surface area contributed by atoms with Crippen molar-refractivity contribution in [3.05, 3.63) is 29.8 Å². The molecule has 6 nitrogen and oxygen atoms in total. The van der Waals surface area contributed by atoms with Crippen LogP contribution in [-0.2, 0) is 4.74 Å². The third-order valence-electron chi connectivity index (χ3n) is 4.86. The maximum absolute atomic E-state index is 11.7. The largest absolute Gasteiger partial charge is 0.491 e. The first-order chi connectivity index (χ1) is 12.5. The quantitative estimate of drug-likeness (QED) is 0.768. The highest BCUT2D eigenvalue weighted by atomic mass is 16.6. The zero-order chi connectivity index (χ0) is 18.9. The third kappa shape index (κ3) is 5.88. The lowest BCUT2D eigenvalue weighted by molar-refractivity contribution is 0.0405. The molecular weight excluding hydrogens is 332 g/mol. The smallest absolute Gasteiger partial charge is 0.409 e. The van der Waals surface area contributed by atoms with Crippen LogP contribution in [0.2, 0.25) is 0 Å². The minimum atomic E-state index is -0.561. The fourth-order valence-corrected chi connectivity index (χ4v) is 3.10. The molecule has 1 aromatic carbocycles. The number of hydrogen-bond donors (Lipinski definition) is 1. The molecule has 146 valence electrons. The highest BCUT2D eigenvalue weighted by Crippen LogP contribution is 2.28. The zero-order valence-electron chi connectivity index (χ0n) is 16.2. The summed E-state index contributed by atoms with van der Waals surface area (Å²) >= 11 is 0. The Balaban J connectivity index is 1.77. The van der Waals surface area contributed by atoms with E-state index in [0.717, 1.165) is 25.3 Å². The summed E-state index contributed by atoms with van der Waals surface area (Å²) in [5.41, 5.74) is 1.19. The summed E-state index contributed by atoms with van der Waals surface area (Å²) in [4.78, 5) is 15.6. The molecule has 1 N–H and O–H groups in total. The number of amides is 1. The first-order valence-electron chi connectivity index (χ1n) is 9.59. The van der Waals surface area contributed by atoms with Gasteiger partial charge in [-0.15, -0.1) is 0 Å². The van der Waals surface area contributed by atoms with E-state index < -0.39 is 6.10 Å². The second-order valence-electron chi connectivity index (χ2n) is 6.80. The number of carbonyl (C=O) groups excluding carboxylic acids is 1. The summed E-state index contributed by atoms with van der Waals surface area (Å²) in [5, 5.41) is 10.3. The predicted octanol–water partition coefficient (Wildman–Crippen LogP) is 2.71. The van der Waals surface area contributed by atoms with Crippen LogP contribution in [0.3, 0.4) is 0 Å². The van der Waals surface area contributed by atoms with Crippen molar-refractivity contribution in [2.75, 3.05) is 45.9 Å². The second-order valence-corrected chi connectivity index (χ2v) is 6.80. The van der Waals surface area contributed by atoms with Gasteiger partial charge in [-0.2, -0.15) is 0 Å². The van der Waals surface area contributed by atoms with E-state index in [1.165, 1.54) is 5.56 Å². The van der Waals surface area contributed by atoms with Crippen molar-refractivity contribution in [3.63, 3.8) is 0 Å². The van der Waals surface area contributed by atoms with E-state index in [2.05, 4.69) is 24.8 Å². The molecule has 1 aliphatic rings. The van der Waals surface area contributed by atoms with E-state index in [9.17, 15) is 9.90 Å². The van der Waals surface area contributed by atoms with Crippen molar-refractivity contribution in [3.8, 4) is 5.75 Å². The molecule has 0 aromatic heterocycles. The Morgan fingerprint density at radius 1 is 1.19 bits per heavy atom. The third-order valence-corrected chi connectivity index (χ3v) is 4.86. The molecule has 6 heteroatoms. The Bertz CT molecular complexity index is 558. The molecule has 0 spiro atoms. The van der Waals surface area contributed by atoms with Crippen LogP contribution in [0, 0.1) is 0 Å². The highest BCUT2D eigenvalue weighted by Gasteiger charge is 2.23. The molecule has 1 aliphatic heterocycles. The predicted molar refractivity (Wildman–Crippen MR) is 102 cm³/mol. The van der Waals surface area contributed by atoms with E-state index in [1.807, 2.05) is 25.1 Å². The van der Waals surface area contributed by atoms with Crippen molar-refractivity contribution >= 4 is 6.09 Å². The number of hydrogen-bond acceptors (Lipinski definition) is 5. The number of aliphatic hydroxyl groups is 1. The number of para-hydroxylation sites is 1. The summed E-state index contributed by atoms with van der Waals surface area (Å²) < 4.78 is 10.9. The molecule has 0 bridgehead atoms. The zero-order valence-corrected chi connectivity index (χ0v) is 16.2. The van der Waals surface area contributed by atoms with E-state index in [1.54, 1.807) is 4.90 Å². The highest BCUT2D eigenvalue weighted by molar-refractivity contribution is 5.67. The van der Waals surface area contributed by atoms with E-state index >= 15 is 0 Å². The number of carbonyl (C=O) groups is 1. The van der Waals surface area contributed by atoms with Crippen molar-refractivity contribution in [2.24, 2.45) is 0 Å². The lowest BCUT2D eigenvalue weighted by atomic mass is 9.98. The Morgan fingerprint density at radius 3 is 2.54 bits per heavy atom. The maximum Gasteiger partial charge on any atom is 0.409 e. The summed E-state index contributed by atoms with van der Waals surface area (Å²) in [6.07, 6.45) is 0.236. The van der Waals surface area contributed by atoms with Gasteiger partial charge in [-0.25, -0.2) is 4.79 Å². The van der Waals surface area contributed by atoms with Crippen LogP contribution < -0.4 is 4.74 Å². The van der Waals surface area contributed by atoms with Crippen molar-refractivity contribution < 1.29 is 19.4 Å². The van der Waals surface area contributed by atoms with E-state index in [4.69, 9.17) is 9.47 Å². The summed E-state index contributed by atoms with van der Waals surface area (Å²) in [5.74, 6) is 1.28. The molecule has 1 aromatic rings. The molecule has 1 fully saturated rings. The minimum Gasteiger partial charge on any atom is -0.491 e. The molecule has 0 radical (unpaired) electrons. The van der Waals surface area contributed by atoms with Crippen LogP contribution in [0.4, 0.5) is 4.79 Å². The summed E-state index contributed by atoms with van der Waals surface area (Å²) in [6.45, 7) is 10.1. The van der Waals surface area contributed by atoms with Gasteiger partial charge in [-0.05, 0) is 30.9 Å². The Kier molecular flexibility index (Phi) is 8.19. The van der Waals surface area contributed by atoms with Gasteiger partial charge in [0, 0.05) is 32.7 Å². The van der Waals surface area contributed by atoms with Gasteiger partial charge < -0.3 is 19.5 Å². The molecule has 0 aliphatic carbocycles. The number of ether oxygens (including phenoxy) is 2. The van der Waals surface area contributed by atoms with Gasteiger partial charge in [0.1, 0.15) is 18.5 Å². The van der Waals surface area contributed by atoms with Gasteiger partial charge >= 0.3 is 6.09 Å². The Hall–Kier alpha value is -1.79. The number of β-amino-alcohol motifs (C(OH)–C–C–N with tert-alkyl or cyclic N) is 1. The van der Waals surface area contributed by atoms with Gasteiger partial charge in [-0.1, -0.05) is 32.0 Å². The molecule has 2 rings (SSSR count). The second kappa shape index (κ2) is 10.4. The van der Waals surface area contributed by atoms with Gasteiger partial charge in [0.2, 0.25) is 0 Å². The van der Waals surface area contributed by atoms with Gasteiger partial charge in [0.15, 0.2) is 0 Å². The van der Waals surface area contributed by atoms with Crippen LogP contribution in [0.25, 0.3) is 0 Å². The van der Waals surface area contributed by atoms with Gasteiger partial charge in [0.05, 0.1) is 6.61 Å². The van der Waals surface area contributed by atoms with Crippen LogP contribution in [-0.4, -0.2) is 73.0 Å². The van der Waals surface area contributed by atoms with Gasteiger partial charge in [0.25, 0.3) is 0 Å². The topological polar surface area (TPSA) is 62.2 Å². The first-order valence-corrected chi connectivity index (χ1v) is 9.59. The standard InChI is InChI=1S/C20H32N2O4/c1-4-16(3)18-8-6-7-9-19(18)26-15-17(23)14-21-10-12-22(13-11-21)20(24)25-5-2/h6-9,16-17,23H,4-5,10-15H2,1-3H3/t16-,17+/m0/s1. The van der Waals surface area contributed by atoms with Crippen molar-refractivity contribution in [2.45, 2.75) is 39.2 Å². The average molecular weight is 364 g/mol. The molecule has 1 amide bonds. The molecular formula is C20H32N2O4. The summed E-state index contributed by atoms with van der Waals surface area (Å²) in [7, 11) is 0. The number of piperazine rings is 1. The number of nitrogens with zero attached hydrogens (tertiary/aromatic N) is 2. The lowest BCUT2D eigenvalue weighted by Crippen LogP contribution is -2.51. The average Bonchev–Trinajstić information content (AvgIpc) is 2.66.